The Morgan fingerprint density at radius 3 is 2.44 bits per heavy atom. The fraction of sp³-hybridized carbons (Fsp3) is 0.125. The molecular weight excluding hydrogens is 258 g/mol. The van der Waals surface area contributed by atoms with Crippen LogP contribution in [-0.2, 0) is 10.0 Å². The molecule has 0 aliphatic carbocycles. The van der Waals surface area contributed by atoms with E-state index in [-0.39, 0.29) is 16.2 Å². The van der Waals surface area contributed by atoms with E-state index >= 15 is 0 Å². The SMILES string of the molecule is NC(=S)c1ccccc1NS(=O)(=O)C(F)F. The number of benzene rings is 1. The van der Waals surface area contributed by atoms with Crippen molar-refractivity contribution in [1.29, 1.82) is 0 Å². The smallest absolute Gasteiger partial charge is 0.355 e. The molecule has 0 heterocycles. The van der Waals surface area contributed by atoms with Crippen LogP contribution in [0.15, 0.2) is 24.3 Å². The van der Waals surface area contributed by atoms with Crippen LogP contribution in [-0.4, -0.2) is 19.2 Å². The quantitative estimate of drug-likeness (QED) is 0.805. The predicted octanol–water partition coefficient (Wildman–Crippen LogP) is 1.29. The number of alkyl halides is 2. The van der Waals surface area contributed by atoms with Gasteiger partial charge in [-0.05, 0) is 12.1 Å². The van der Waals surface area contributed by atoms with Gasteiger partial charge in [-0.25, -0.2) is 8.42 Å². The van der Waals surface area contributed by atoms with Gasteiger partial charge in [-0.15, -0.1) is 0 Å². The van der Waals surface area contributed by atoms with Crippen molar-refractivity contribution in [3.05, 3.63) is 29.8 Å². The molecule has 0 unspecified atom stereocenters. The lowest BCUT2D eigenvalue weighted by Gasteiger charge is -2.10. The molecule has 3 N–H and O–H groups in total. The fourth-order valence-electron chi connectivity index (χ4n) is 0.985. The van der Waals surface area contributed by atoms with E-state index in [0.29, 0.717) is 0 Å². The van der Waals surface area contributed by atoms with Crippen molar-refractivity contribution in [1.82, 2.24) is 0 Å². The number of anilines is 1. The van der Waals surface area contributed by atoms with Crippen LogP contribution in [0.3, 0.4) is 0 Å². The van der Waals surface area contributed by atoms with E-state index < -0.39 is 15.8 Å². The van der Waals surface area contributed by atoms with E-state index in [1.165, 1.54) is 18.2 Å². The molecule has 1 aromatic rings. The van der Waals surface area contributed by atoms with Crippen molar-refractivity contribution in [2.45, 2.75) is 5.76 Å². The average molecular weight is 266 g/mol. The fourth-order valence-corrected chi connectivity index (χ4v) is 1.74. The molecule has 0 fully saturated rings. The Kier molecular flexibility index (Phi) is 3.76. The zero-order valence-electron chi connectivity index (χ0n) is 7.85. The summed E-state index contributed by atoms with van der Waals surface area (Å²) in [6.07, 6.45) is 0. The van der Waals surface area contributed by atoms with Crippen molar-refractivity contribution in [3.8, 4) is 0 Å². The van der Waals surface area contributed by atoms with Gasteiger partial charge >= 0.3 is 5.76 Å². The van der Waals surface area contributed by atoms with Crippen LogP contribution in [0.4, 0.5) is 14.5 Å². The molecule has 0 aliphatic heterocycles. The lowest BCUT2D eigenvalue weighted by atomic mass is 10.2. The molecular formula is C8H8F2N2O2S2. The summed E-state index contributed by atoms with van der Waals surface area (Å²) in [5, 5.41) is 0. The Morgan fingerprint density at radius 1 is 1.38 bits per heavy atom. The largest absolute Gasteiger partial charge is 0.389 e. The second-order valence-corrected chi connectivity index (χ2v) is 4.91. The molecule has 16 heavy (non-hydrogen) atoms. The second-order valence-electron chi connectivity index (χ2n) is 2.82. The molecule has 4 nitrogen and oxygen atoms in total. The van der Waals surface area contributed by atoms with E-state index in [1.54, 1.807) is 10.8 Å². The van der Waals surface area contributed by atoms with Crippen LogP contribution in [0.2, 0.25) is 0 Å². The minimum absolute atomic E-state index is 0.0599. The third kappa shape index (κ3) is 2.86. The molecule has 0 amide bonds. The van der Waals surface area contributed by atoms with Gasteiger partial charge in [-0.1, -0.05) is 24.4 Å². The Labute approximate surface area is 96.5 Å². The van der Waals surface area contributed by atoms with Gasteiger partial charge in [0.15, 0.2) is 0 Å². The van der Waals surface area contributed by atoms with E-state index in [0.717, 1.165) is 0 Å². The molecule has 1 aromatic carbocycles. The van der Waals surface area contributed by atoms with Crippen LogP contribution in [0.5, 0.6) is 0 Å². The minimum Gasteiger partial charge on any atom is -0.389 e. The monoisotopic (exact) mass is 266 g/mol. The van der Waals surface area contributed by atoms with Crippen LogP contribution in [0, 0.1) is 0 Å². The number of hydrogen-bond donors (Lipinski definition) is 2. The molecule has 0 atom stereocenters. The highest BCUT2D eigenvalue weighted by Gasteiger charge is 2.24. The number of hydrogen-bond acceptors (Lipinski definition) is 3. The number of para-hydroxylation sites is 1. The van der Waals surface area contributed by atoms with E-state index in [9.17, 15) is 17.2 Å². The van der Waals surface area contributed by atoms with Gasteiger partial charge in [-0.2, -0.15) is 8.78 Å². The highest BCUT2D eigenvalue weighted by atomic mass is 32.2. The maximum atomic E-state index is 12.1. The minimum atomic E-state index is -4.71. The summed E-state index contributed by atoms with van der Waals surface area (Å²) < 4.78 is 47.8. The molecule has 8 heteroatoms. The highest BCUT2D eigenvalue weighted by molar-refractivity contribution is 7.93. The van der Waals surface area contributed by atoms with Crippen LogP contribution in [0.1, 0.15) is 5.56 Å². The zero-order chi connectivity index (χ0) is 12.3. The van der Waals surface area contributed by atoms with E-state index in [2.05, 4.69) is 12.2 Å². The summed E-state index contributed by atoms with van der Waals surface area (Å²) in [5.41, 5.74) is 5.45. The Hall–Kier alpha value is -1.28. The van der Waals surface area contributed by atoms with E-state index in [1.807, 2.05) is 0 Å². The van der Waals surface area contributed by atoms with Crippen LogP contribution < -0.4 is 10.5 Å². The van der Waals surface area contributed by atoms with Gasteiger partial charge in [0, 0.05) is 5.56 Å². The summed E-state index contributed by atoms with van der Waals surface area (Å²) in [7, 11) is -4.71. The van der Waals surface area contributed by atoms with Crippen LogP contribution in [0.25, 0.3) is 0 Å². The Balaban J connectivity index is 3.12. The first-order valence-electron chi connectivity index (χ1n) is 4.03. The molecule has 0 saturated carbocycles. The number of halogens is 2. The van der Waals surface area contributed by atoms with Crippen molar-refractivity contribution >= 4 is 32.9 Å². The van der Waals surface area contributed by atoms with Gasteiger partial charge < -0.3 is 5.73 Å². The summed E-state index contributed by atoms with van der Waals surface area (Å²) in [6, 6.07) is 5.78. The summed E-state index contributed by atoms with van der Waals surface area (Å²) in [4.78, 5) is -0.0763. The molecule has 0 saturated heterocycles. The van der Waals surface area contributed by atoms with Gasteiger partial charge in [0.05, 0.1) is 5.69 Å². The Bertz CT molecular complexity index is 503. The first-order valence-corrected chi connectivity index (χ1v) is 5.98. The van der Waals surface area contributed by atoms with Gasteiger partial charge in [0.2, 0.25) is 0 Å². The summed E-state index contributed by atoms with van der Waals surface area (Å²) in [6.45, 7) is 0. The van der Waals surface area contributed by atoms with Gasteiger partial charge in [0.1, 0.15) is 4.99 Å². The third-order valence-electron chi connectivity index (χ3n) is 1.68. The molecule has 1 rings (SSSR count). The topological polar surface area (TPSA) is 72.2 Å². The molecule has 0 radical (unpaired) electrons. The summed E-state index contributed by atoms with van der Waals surface area (Å²) >= 11 is 4.66. The number of thiocarbonyl (C=S) groups is 1. The first-order chi connectivity index (χ1) is 7.34. The number of sulfonamides is 1. The van der Waals surface area contributed by atoms with Crippen molar-refractivity contribution in [3.63, 3.8) is 0 Å². The first kappa shape index (κ1) is 12.8. The van der Waals surface area contributed by atoms with Crippen molar-refractivity contribution in [2.24, 2.45) is 5.73 Å². The van der Waals surface area contributed by atoms with Crippen LogP contribution >= 0.6 is 12.2 Å². The number of nitrogens with two attached hydrogens (primary N) is 1. The lowest BCUT2D eigenvalue weighted by molar-refractivity contribution is 0.236. The molecule has 0 aliphatic rings. The molecule has 88 valence electrons. The molecule has 0 spiro atoms. The predicted molar refractivity (Wildman–Crippen MR) is 60.9 cm³/mol. The number of nitrogens with one attached hydrogen (secondary N) is 1. The summed E-state index contributed by atoms with van der Waals surface area (Å²) in [5.74, 6) is -3.51. The van der Waals surface area contributed by atoms with Gasteiger partial charge in [-0.3, -0.25) is 4.72 Å². The highest BCUT2D eigenvalue weighted by Crippen LogP contribution is 2.18. The van der Waals surface area contributed by atoms with Crippen molar-refractivity contribution < 1.29 is 17.2 Å². The normalized spacial score (nSPS) is 11.4. The maximum absolute atomic E-state index is 12.1. The molecule has 0 aromatic heterocycles. The number of rotatable bonds is 4. The lowest BCUT2D eigenvalue weighted by Crippen LogP contribution is -2.23. The second kappa shape index (κ2) is 4.71. The molecule has 0 bridgehead atoms. The zero-order valence-corrected chi connectivity index (χ0v) is 9.49. The Morgan fingerprint density at radius 2 is 1.94 bits per heavy atom. The third-order valence-corrected chi connectivity index (χ3v) is 2.87. The maximum Gasteiger partial charge on any atom is 0.355 e. The standard InChI is InChI=1S/C8H8F2N2O2S2/c9-8(10)16(13,14)12-6-4-2-1-3-5(6)7(11)15/h1-4,8,12H,(H2,11,15). The van der Waals surface area contributed by atoms with E-state index in [4.69, 9.17) is 5.73 Å². The van der Waals surface area contributed by atoms with Gasteiger partial charge in [0.25, 0.3) is 10.0 Å². The van der Waals surface area contributed by atoms with Crippen molar-refractivity contribution in [2.75, 3.05) is 4.72 Å². The average Bonchev–Trinajstić information content (AvgIpc) is 2.17.